The third-order valence-electron chi connectivity index (χ3n) is 2.27. The number of anilines is 2. The second kappa shape index (κ2) is 6.00. The Morgan fingerprint density at radius 1 is 1.50 bits per heavy atom. The number of nitrogens with zero attached hydrogens (tertiary/aromatic N) is 2. The molecule has 90 valence electrons. The van der Waals surface area contributed by atoms with Crippen LogP contribution in [0.1, 0.15) is 20.3 Å². The topological polar surface area (TPSA) is 84.1 Å². The molecule has 0 aromatic carbocycles. The highest BCUT2D eigenvalue weighted by Crippen LogP contribution is 2.16. The van der Waals surface area contributed by atoms with Crippen LogP contribution in [0.25, 0.3) is 0 Å². The number of hydrogen-bond acceptors (Lipinski definition) is 5. The highest BCUT2D eigenvalue weighted by atomic mass is 79.9. The van der Waals surface area contributed by atoms with Crippen LogP contribution in [-0.4, -0.2) is 27.7 Å². The molecule has 0 aliphatic heterocycles. The van der Waals surface area contributed by atoms with Crippen molar-refractivity contribution in [2.75, 3.05) is 17.7 Å². The molecule has 0 saturated heterocycles. The Kier molecular flexibility index (Phi) is 4.95. The lowest BCUT2D eigenvalue weighted by Crippen LogP contribution is -2.28. The standard InChI is InChI=1S/C10H17BrN4O/c1-6(2)7(3-4-16)13-10-14-8(11)5-9(12)15-10/h5-7,16H,3-4H2,1-2H3,(H3,12,13,14,15). The van der Waals surface area contributed by atoms with E-state index in [1.165, 1.54) is 0 Å². The molecule has 0 aliphatic rings. The van der Waals surface area contributed by atoms with Gasteiger partial charge in [-0.3, -0.25) is 0 Å². The number of halogens is 1. The van der Waals surface area contributed by atoms with Crippen molar-refractivity contribution in [1.29, 1.82) is 0 Å². The molecule has 0 aliphatic carbocycles. The summed E-state index contributed by atoms with van der Waals surface area (Å²) in [4.78, 5) is 8.25. The summed E-state index contributed by atoms with van der Waals surface area (Å²) in [7, 11) is 0. The van der Waals surface area contributed by atoms with Crippen LogP contribution >= 0.6 is 15.9 Å². The molecule has 1 aromatic heterocycles. The first-order valence-corrected chi connectivity index (χ1v) is 5.99. The van der Waals surface area contributed by atoms with Gasteiger partial charge in [0.1, 0.15) is 10.4 Å². The van der Waals surface area contributed by atoms with Gasteiger partial charge in [-0.05, 0) is 28.3 Å². The average Bonchev–Trinajstić information content (AvgIpc) is 2.15. The van der Waals surface area contributed by atoms with Crippen molar-refractivity contribution in [2.24, 2.45) is 5.92 Å². The third-order valence-corrected chi connectivity index (χ3v) is 2.68. The minimum atomic E-state index is 0.138. The van der Waals surface area contributed by atoms with Crippen molar-refractivity contribution in [3.63, 3.8) is 0 Å². The number of nitrogen functional groups attached to an aromatic ring is 1. The smallest absolute Gasteiger partial charge is 0.225 e. The second-order valence-electron chi connectivity index (χ2n) is 3.95. The lowest BCUT2D eigenvalue weighted by Gasteiger charge is -2.21. The van der Waals surface area contributed by atoms with Crippen LogP contribution in [-0.2, 0) is 0 Å². The van der Waals surface area contributed by atoms with Gasteiger partial charge in [0.2, 0.25) is 5.95 Å². The number of nitrogens with one attached hydrogen (secondary N) is 1. The molecular weight excluding hydrogens is 272 g/mol. The van der Waals surface area contributed by atoms with Crippen molar-refractivity contribution in [1.82, 2.24) is 9.97 Å². The largest absolute Gasteiger partial charge is 0.396 e. The SMILES string of the molecule is CC(C)C(CCO)Nc1nc(N)cc(Br)n1. The summed E-state index contributed by atoms with van der Waals surface area (Å²) in [5.74, 6) is 1.28. The van der Waals surface area contributed by atoms with E-state index >= 15 is 0 Å². The van der Waals surface area contributed by atoms with E-state index < -0.39 is 0 Å². The van der Waals surface area contributed by atoms with Crippen molar-refractivity contribution >= 4 is 27.7 Å². The van der Waals surface area contributed by atoms with E-state index in [-0.39, 0.29) is 12.6 Å². The molecule has 0 radical (unpaired) electrons. The van der Waals surface area contributed by atoms with E-state index in [2.05, 4.69) is 45.1 Å². The molecule has 1 rings (SSSR count). The summed E-state index contributed by atoms with van der Waals surface area (Å²) >= 11 is 3.26. The zero-order chi connectivity index (χ0) is 12.1. The lowest BCUT2D eigenvalue weighted by atomic mass is 10.0. The molecule has 1 atom stereocenters. The van der Waals surface area contributed by atoms with E-state index in [9.17, 15) is 0 Å². The molecule has 0 saturated carbocycles. The van der Waals surface area contributed by atoms with Gasteiger partial charge < -0.3 is 16.2 Å². The second-order valence-corrected chi connectivity index (χ2v) is 4.76. The molecule has 0 spiro atoms. The van der Waals surface area contributed by atoms with Gasteiger partial charge >= 0.3 is 0 Å². The average molecular weight is 289 g/mol. The van der Waals surface area contributed by atoms with Crippen molar-refractivity contribution in [2.45, 2.75) is 26.3 Å². The summed E-state index contributed by atoms with van der Waals surface area (Å²) < 4.78 is 0.647. The van der Waals surface area contributed by atoms with Gasteiger partial charge in [0.15, 0.2) is 0 Å². The molecule has 1 aromatic rings. The molecular formula is C10H17BrN4O. The molecule has 6 heteroatoms. The Balaban J connectivity index is 2.76. The van der Waals surface area contributed by atoms with Crippen LogP contribution in [0.5, 0.6) is 0 Å². The first-order valence-electron chi connectivity index (χ1n) is 5.20. The third kappa shape index (κ3) is 3.94. The van der Waals surface area contributed by atoms with Crippen molar-refractivity contribution < 1.29 is 5.11 Å². The highest BCUT2D eigenvalue weighted by Gasteiger charge is 2.14. The molecule has 4 N–H and O–H groups in total. The van der Waals surface area contributed by atoms with Gasteiger partial charge in [-0.15, -0.1) is 0 Å². The molecule has 1 unspecified atom stereocenters. The Morgan fingerprint density at radius 2 is 2.19 bits per heavy atom. The molecule has 16 heavy (non-hydrogen) atoms. The predicted octanol–water partition coefficient (Wildman–Crippen LogP) is 1.64. The predicted molar refractivity (Wildman–Crippen MR) is 68.1 cm³/mol. The van der Waals surface area contributed by atoms with Crippen molar-refractivity contribution in [3.8, 4) is 0 Å². The van der Waals surface area contributed by atoms with Crippen molar-refractivity contribution in [3.05, 3.63) is 10.7 Å². The summed E-state index contributed by atoms with van der Waals surface area (Å²) in [6.07, 6.45) is 0.660. The minimum Gasteiger partial charge on any atom is -0.396 e. The quantitative estimate of drug-likeness (QED) is 0.718. The van der Waals surface area contributed by atoms with E-state index in [1.54, 1.807) is 6.07 Å². The first kappa shape index (κ1) is 13.2. The number of aliphatic hydroxyl groups is 1. The zero-order valence-corrected chi connectivity index (χ0v) is 11.0. The maximum absolute atomic E-state index is 8.96. The molecule has 5 nitrogen and oxygen atoms in total. The van der Waals surface area contributed by atoms with E-state index in [0.717, 1.165) is 0 Å². The molecule has 0 bridgehead atoms. The summed E-state index contributed by atoms with van der Waals surface area (Å²) in [6.45, 7) is 4.29. The Hall–Kier alpha value is -0.880. The van der Waals surface area contributed by atoms with Crippen LogP contribution in [0, 0.1) is 5.92 Å². The van der Waals surface area contributed by atoms with Gasteiger partial charge in [0, 0.05) is 18.7 Å². The van der Waals surface area contributed by atoms with E-state index in [0.29, 0.717) is 28.7 Å². The summed E-state index contributed by atoms with van der Waals surface area (Å²) in [6, 6.07) is 1.78. The monoisotopic (exact) mass is 288 g/mol. The minimum absolute atomic E-state index is 0.138. The van der Waals surface area contributed by atoms with Crippen LogP contribution in [0.15, 0.2) is 10.7 Å². The number of aliphatic hydroxyl groups excluding tert-OH is 1. The Labute approximate surface area is 104 Å². The van der Waals surface area contributed by atoms with Crippen LogP contribution < -0.4 is 11.1 Å². The first-order chi connectivity index (χ1) is 7.52. The van der Waals surface area contributed by atoms with Gasteiger partial charge in [-0.25, -0.2) is 4.98 Å². The van der Waals surface area contributed by atoms with Gasteiger partial charge in [-0.2, -0.15) is 4.98 Å². The normalized spacial score (nSPS) is 12.8. The molecule has 1 heterocycles. The number of rotatable bonds is 5. The number of hydrogen-bond donors (Lipinski definition) is 3. The van der Waals surface area contributed by atoms with Gasteiger partial charge in [0.25, 0.3) is 0 Å². The Bertz CT molecular complexity index is 325. The lowest BCUT2D eigenvalue weighted by molar-refractivity contribution is 0.267. The summed E-state index contributed by atoms with van der Waals surface area (Å²) in [5, 5.41) is 12.1. The van der Waals surface area contributed by atoms with E-state index in [4.69, 9.17) is 10.8 Å². The number of nitrogens with two attached hydrogens (primary N) is 1. The van der Waals surface area contributed by atoms with Crippen LogP contribution in [0.2, 0.25) is 0 Å². The van der Waals surface area contributed by atoms with Crippen LogP contribution in [0.3, 0.4) is 0 Å². The fraction of sp³-hybridized carbons (Fsp3) is 0.600. The highest BCUT2D eigenvalue weighted by molar-refractivity contribution is 9.10. The maximum Gasteiger partial charge on any atom is 0.225 e. The van der Waals surface area contributed by atoms with E-state index in [1.807, 2.05) is 0 Å². The molecule has 0 amide bonds. The van der Waals surface area contributed by atoms with Gasteiger partial charge in [-0.1, -0.05) is 13.8 Å². The maximum atomic E-state index is 8.96. The zero-order valence-electron chi connectivity index (χ0n) is 9.44. The summed E-state index contributed by atoms with van der Waals surface area (Å²) in [5.41, 5.74) is 5.61. The molecule has 0 fully saturated rings. The fourth-order valence-electron chi connectivity index (χ4n) is 1.38. The fourth-order valence-corrected chi connectivity index (χ4v) is 1.78. The number of aromatic nitrogens is 2. The Morgan fingerprint density at radius 3 is 2.69 bits per heavy atom. The van der Waals surface area contributed by atoms with Crippen LogP contribution in [0.4, 0.5) is 11.8 Å². The van der Waals surface area contributed by atoms with Gasteiger partial charge in [0.05, 0.1) is 0 Å².